The highest BCUT2D eigenvalue weighted by atomic mass is 16.5. The number of hydrogen-bond donors (Lipinski definition) is 1. The van der Waals surface area contributed by atoms with Crippen molar-refractivity contribution in [2.45, 2.75) is 32.2 Å². The van der Waals surface area contributed by atoms with E-state index in [-0.39, 0.29) is 18.2 Å². The van der Waals surface area contributed by atoms with Gasteiger partial charge in [0, 0.05) is 12.8 Å². The molecule has 0 aliphatic heterocycles. The predicted molar refractivity (Wildman–Crippen MR) is 57.1 cm³/mol. The fraction of sp³-hybridized carbons (Fsp3) is 0.500. The highest BCUT2D eigenvalue weighted by Gasteiger charge is 2.34. The first-order valence-electron chi connectivity index (χ1n) is 5.61. The van der Waals surface area contributed by atoms with Gasteiger partial charge in [-0.3, -0.25) is 0 Å². The van der Waals surface area contributed by atoms with Gasteiger partial charge in [0.15, 0.2) is 11.5 Å². The predicted octanol–water partition coefficient (Wildman–Crippen LogP) is 0.593. The van der Waals surface area contributed by atoms with Gasteiger partial charge < -0.3 is 9.63 Å². The lowest BCUT2D eigenvalue weighted by molar-refractivity contribution is 0.0689. The molecule has 1 N–H and O–H groups in total. The van der Waals surface area contributed by atoms with Crippen LogP contribution in [0.4, 0.5) is 0 Å². The zero-order valence-electron chi connectivity index (χ0n) is 9.70. The third-order valence-electron chi connectivity index (χ3n) is 2.80. The van der Waals surface area contributed by atoms with Crippen LogP contribution in [-0.2, 0) is 6.54 Å². The molecule has 2 heterocycles. The molecule has 2 aromatic heterocycles. The van der Waals surface area contributed by atoms with Crippen LogP contribution in [-0.4, -0.2) is 36.2 Å². The third-order valence-corrected chi connectivity index (χ3v) is 2.80. The summed E-state index contributed by atoms with van der Waals surface area (Å²) in [6.45, 7) is 1.98. The van der Waals surface area contributed by atoms with Gasteiger partial charge in [0.25, 0.3) is 0 Å². The summed E-state index contributed by atoms with van der Waals surface area (Å²) in [5.41, 5.74) is 0.683. The van der Waals surface area contributed by atoms with E-state index in [1.807, 2.05) is 0 Å². The van der Waals surface area contributed by atoms with Gasteiger partial charge in [-0.15, -0.1) is 5.10 Å². The van der Waals surface area contributed by atoms with E-state index in [4.69, 9.17) is 9.63 Å². The highest BCUT2D eigenvalue weighted by molar-refractivity contribution is 5.86. The van der Waals surface area contributed by atoms with Crippen LogP contribution in [0.15, 0.2) is 4.52 Å². The largest absolute Gasteiger partial charge is 0.476 e. The number of carboxylic acids is 1. The molecule has 0 bridgehead atoms. The standard InChI is InChI=1S/C10H11N5O3/c1-5-11-7(13-18-5)4-15-9(6-2-3-6)8(10(16)17)12-14-15/h6H,2-4H2,1H3,(H,16,17). The van der Waals surface area contributed by atoms with E-state index in [9.17, 15) is 4.79 Å². The van der Waals surface area contributed by atoms with Gasteiger partial charge >= 0.3 is 5.97 Å². The Hall–Kier alpha value is -2.25. The van der Waals surface area contributed by atoms with Crippen molar-refractivity contribution in [1.29, 1.82) is 0 Å². The number of carboxylic acid groups (broad SMARTS) is 1. The van der Waals surface area contributed by atoms with Crippen molar-refractivity contribution in [3.05, 3.63) is 23.1 Å². The second-order valence-corrected chi connectivity index (χ2v) is 4.29. The Bertz CT molecular complexity index is 598. The van der Waals surface area contributed by atoms with Crippen LogP contribution in [0.3, 0.4) is 0 Å². The molecule has 1 aliphatic rings. The zero-order chi connectivity index (χ0) is 12.7. The Morgan fingerprint density at radius 2 is 2.33 bits per heavy atom. The van der Waals surface area contributed by atoms with Crippen LogP contribution in [0.25, 0.3) is 0 Å². The van der Waals surface area contributed by atoms with Crippen molar-refractivity contribution >= 4 is 5.97 Å². The number of aryl methyl sites for hydroxylation is 1. The SMILES string of the molecule is Cc1nc(Cn2nnc(C(=O)O)c2C2CC2)no1. The molecule has 0 unspecified atom stereocenters. The molecular formula is C10H11N5O3. The van der Waals surface area contributed by atoms with E-state index in [2.05, 4.69) is 20.5 Å². The molecule has 18 heavy (non-hydrogen) atoms. The van der Waals surface area contributed by atoms with E-state index in [1.165, 1.54) is 0 Å². The summed E-state index contributed by atoms with van der Waals surface area (Å²) >= 11 is 0. The molecule has 2 aromatic rings. The maximum Gasteiger partial charge on any atom is 0.358 e. The zero-order valence-corrected chi connectivity index (χ0v) is 9.70. The van der Waals surface area contributed by atoms with E-state index in [1.54, 1.807) is 11.6 Å². The fourth-order valence-corrected chi connectivity index (χ4v) is 1.89. The van der Waals surface area contributed by atoms with Crippen LogP contribution in [0.1, 0.15) is 46.7 Å². The Balaban J connectivity index is 1.94. The van der Waals surface area contributed by atoms with Gasteiger partial charge in [0.05, 0.1) is 5.69 Å². The van der Waals surface area contributed by atoms with Crippen molar-refractivity contribution in [2.24, 2.45) is 0 Å². The topological polar surface area (TPSA) is 107 Å². The Kier molecular flexibility index (Phi) is 2.35. The molecule has 8 heteroatoms. The Labute approximate surface area is 102 Å². The number of carbonyl (C=O) groups is 1. The fourth-order valence-electron chi connectivity index (χ4n) is 1.89. The minimum Gasteiger partial charge on any atom is -0.476 e. The third kappa shape index (κ3) is 1.85. The van der Waals surface area contributed by atoms with Crippen LogP contribution in [0, 0.1) is 6.92 Å². The molecule has 0 amide bonds. The van der Waals surface area contributed by atoms with E-state index >= 15 is 0 Å². The molecule has 1 aliphatic carbocycles. The second kappa shape index (κ2) is 3.90. The monoisotopic (exact) mass is 249 g/mol. The lowest BCUT2D eigenvalue weighted by atomic mass is 10.2. The Morgan fingerprint density at radius 3 is 2.89 bits per heavy atom. The first-order valence-corrected chi connectivity index (χ1v) is 5.61. The van der Waals surface area contributed by atoms with Gasteiger partial charge in [-0.1, -0.05) is 10.4 Å². The van der Waals surface area contributed by atoms with Gasteiger partial charge in [-0.25, -0.2) is 9.48 Å². The van der Waals surface area contributed by atoms with Crippen molar-refractivity contribution in [3.63, 3.8) is 0 Å². The quantitative estimate of drug-likeness (QED) is 0.844. The average Bonchev–Trinajstić information content (AvgIpc) is 2.94. The molecule has 0 saturated heterocycles. The molecule has 0 atom stereocenters. The van der Waals surface area contributed by atoms with Crippen molar-refractivity contribution in [3.8, 4) is 0 Å². The minimum absolute atomic E-state index is 0.0257. The molecule has 1 fully saturated rings. The van der Waals surface area contributed by atoms with Crippen molar-refractivity contribution < 1.29 is 14.4 Å². The second-order valence-electron chi connectivity index (χ2n) is 4.29. The first kappa shape index (κ1) is 10.9. The van der Waals surface area contributed by atoms with Gasteiger partial charge in [0.1, 0.15) is 6.54 Å². The van der Waals surface area contributed by atoms with Gasteiger partial charge in [0.2, 0.25) is 5.89 Å². The van der Waals surface area contributed by atoms with Crippen LogP contribution in [0.2, 0.25) is 0 Å². The maximum absolute atomic E-state index is 11.1. The molecule has 0 aromatic carbocycles. The smallest absolute Gasteiger partial charge is 0.358 e. The van der Waals surface area contributed by atoms with E-state index < -0.39 is 5.97 Å². The van der Waals surface area contributed by atoms with Gasteiger partial charge in [-0.2, -0.15) is 4.98 Å². The first-order chi connectivity index (χ1) is 8.65. The van der Waals surface area contributed by atoms with Crippen LogP contribution < -0.4 is 0 Å². The summed E-state index contributed by atoms with van der Waals surface area (Å²) in [5, 5.41) is 20.4. The van der Waals surface area contributed by atoms with Crippen molar-refractivity contribution in [1.82, 2.24) is 25.1 Å². The molecule has 0 radical (unpaired) electrons. The summed E-state index contributed by atoms with van der Waals surface area (Å²) in [7, 11) is 0. The number of aromatic nitrogens is 5. The summed E-state index contributed by atoms with van der Waals surface area (Å²) in [4.78, 5) is 15.1. The van der Waals surface area contributed by atoms with Gasteiger partial charge in [-0.05, 0) is 12.8 Å². The molecule has 1 saturated carbocycles. The summed E-state index contributed by atoms with van der Waals surface area (Å²) in [5.74, 6) is 0.124. The summed E-state index contributed by atoms with van der Waals surface area (Å²) < 4.78 is 6.42. The van der Waals surface area contributed by atoms with Crippen molar-refractivity contribution in [2.75, 3.05) is 0 Å². The van der Waals surface area contributed by atoms with Crippen LogP contribution >= 0.6 is 0 Å². The number of aromatic carboxylic acids is 1. The molecule has 3 rings (SSSR count). The maximum atomic E-state index is 11.1. The number of rotatable bonds is 4. The van der Waals surface area contributed by atoms with E-state index in [0.29, 0.717) is 17.4 Å². The number of hydrogen-bond acceptors (Lipinski definition) is 6. The molecular weight excluding hydrogens is 238 g/mol. The summed E-state index contributed by atoms with van der Waals surface area (Å²) in [6.07, 6.45) is 1.94. The van der Waals surface area contributed by atoms with Crippen LogP contribution in [0.5, 0.6) is 0 Å². The highest BCUT2D eigenvalue weighted by Crippen LogP contribution is 2.41. The lowest BCUT2D eigenvalue weighted by Gasteiger charge is -2.02. The molecule has 94 valence electrons. The molecule has 8 nitrogen and oxygen atoms in total. The lowest BCUT2D eigenvalue weighted by Crippen LogP contribution is -2.09. The number of nitrogens with zero attached hydrogens (tertiary/aromatic N) is 5. The average molecular weight is 249 g/mol. The van der Waals surface area contributed by atoms with E-state index in [0.717, 1.165) is 12.8 Å². The normalized spacial score (nSPS) is 14.9. The molecule has 0 spiro atoms. The Morgan fingerprint density at radius 1 is 1.56 bits per heavy atom. The summed E-state index contributed by atoms with van der Waals surface area (Å²) in [6, 6.07) is 0. The minimum atomic E-state index is -1.05.